The molecular formula is C34H31N5OS. The van der Waals surface area contributed by atoms with Crippen molar-refractivity contribution in [2.75, 3.05) is 0 Å². The maximum atomic E-state index is 5.14. The molecule has 0 unspecified atom stereocenters. The van der Waals surface area contributed by atoms with Crippen molar-refractivity contribution in [1.82, 2.24) is 24.9 Å². The SMILES string of the molecule is Cc1c[nH]c2ncccc12.Cc1cccc2cnccc12.Cc1coc2ncccc12.Cc1csc2ncccc12. The Morgan fingerprint density at radius 2 is 1.39 bits per heavy atom. The van der Waals surface area contributed by atoms with Crippen LogP contribution in [0.3, 0.4) is 0 Å². The minimum atomic E-state index is 0.722. The van der Waals surface area contributed by atoms with Gasteiger partial charge >= 0.3 is 0 Å². The van der Waals surface area contributed by atoms with E-state index in [2.05, 4.69) is 81.4 Å². The molecule has 7 aromatic heterocycles. The van der Waals surface area contributed by atoms with Gasteiger partial charge in [0.1, 0.15) is 10.5 Å². The number of hydrogen-bond donors (Lipinski definition) is 1. The average molecular weight is 558 g/mol. The summed E-state index contributed by atoms with van der Waals surface area (Å²) in [4.78, 5) is 20.7. The molecule has 0 aliphatic carbocycles. The molecule has 204 valence electrons. The van der Waals surface area contributed by atoms with Crippen molar-refractivity contribution in [2.45, 2.75) is 27.7 Å². The van der Waals surface area contributed by atoms with Crippen molar-refractivity contribution in [3.8, 4) is 0 Å². The van der Waals surface area contributed by atoms with Crippen molar-refractivity contribution >= 4 is 54.5 Å². The van der Waals surface area contributed by atoms with Gasteiger partial charge in [-0.15, -0.1) is 11.3 Å². The van der Waals surface area contributed by atoms with E-state index >= 15 is 0 Å². The molecule has 0 saturated carbocycles. The number of H-pyrrole nitrogens is 1. The number of nitrogens with one attached hydrogen (secondary N) is 1. The number of nitrogens with zero attached hydrogens (tertiary/aromatic N) is 4. The molecule has 1 aromatic carbocycles. The van der Waals surface area contributed by atoms with Crippen LogP contribution in [0.5, 0.6) is 0 Å². The van der Waals surface area contributed by atoms with Crippen LogP contribution in [0.15, 0.2) is 114 Å². The number of thiophene rings is 1. The fourth-order valence-electron chi connectivity index (χ4n) is 4.36. The third-order valence-electron chi connectivity index (χ3n) is 6.64. The summed E-state index contributed by atoms with van der Waals surface area (Å²) in [6, 6.07) is 20.3. The van der Waals surface area contributed by atoms with Gasteiger partial charge in [0, 0.05) is 58.7 Å². The molecule has 8 rings (SSSR count). The molecule has 0 spiro atoms. The predicted molar refractivity (Wildman–Crippen MR) is 170 cm³/mol. The Morgan fingerprint density at radius 3 is 2.15 bits per heavy atom. The first-order chi connectivity index (χ1) is 20.0. The Bertz CT molecular complexity index is 1840. The first kappa shape index (κ1) is 27.7. The van der Waals surface area contributed by atoms with Crippen molar-refractivity contribution in [3.63, 3.8) is 0 Å². The van der Waals surface area contributed by atoms with Crippen LogP contribution in [0.4, 0.5) is 0 Å². The molecule has 0 amide bonds. The zero-order valence-electron chi connectivity index (χ0n) is 23.5. The summed E-state index contributed by atoms with van der Waals surface area (Å²) in [5.41, 5.74) is 6.73. The molecule has 6 nitrogen and oxygen atoms in total. The van der Waals surface area contributed by atoms with Gasteiger partial charge in [-0.2, -0.15) is 0 Å². The van der Waals surface area contributed by atoms with Crippen molar-refractivity contribution in [2.24, 2.45) is 0 Å². The zero-order valence-corrected chi connectivity index (χ0v) is 24.3. The van der Waals surface area contributed by atoms with E-state index in [0.717, 1.165) is 27.1 Å². The number of benzene rings is 1. The highest BCUT2D eigenvalue weighted by atomic mass is 32.1. The quantitative estimate of drug-likeness (QED) is 0.201. The number of aromatic nitrogens is 5. The lowest BCUT2D eigenvalue weighted by Gasteiger charge is -1.98. The summed E-state index contributed by atoms with van der Waals surface area (Å²) in [5, 5.41) is 8.24. The van der Waals surface area contributed by atoms with Gasteiger partial charge in [0.2, 0.25) is 5.71 Å². The smallest absolute Gasteiger partial charge is 0.226 e. The number of hydrogen-bond acceptors (Lipinski definition) is 6. The van der Waals surface area contributed by atoms with Gasteiger partial charge < -0.3 is 9.40 Å². The van der Waals surface area contributed by atoms with E-state index < -0.39 is 0 Å². The van der Waals surface area contributed by atoms with Gasteiger partial charge in [-0.3, -0.25) is 4.98 Å². The second-order valence-electron chi connectivity index (χ2n) is 9.59. The van der Waals surface area contributed by atoms with E-state index in [1.165, 1.54) is 38.2 Å². The molecule has 0 bridgehead atoms. The first-order valence-electron chi connectivity index (χ1n) is 13.3. The second-order valence-corrected chi connectivity index (χ2v) is 10.5. The molecule has 1 N–H and O–H groups in total. The van der Waals surface area contributed by atoms with Gasteiger partial charge in [-0.25, -0.2) is 15.0 Å². The molecule has 0 fully saturated rings. The van der Waals surface area contributed by atoms with Crippen LogP contribution in [-0.2, 0) is 0 Å². The van der Waals surface area contributed by atoms with Crippen LogP contribution in [0, 0.1) is 27.7 Å². The lowest BCUT2D eigenvalue weighted by atomic mass is 10.1. The average Bonchev–Trinajstić information content (AvgIpc) is 3.72. The Balaban J connectivity index is 0.000000110. The highest BCUT2D eigenvalue weighted by molar-refractivity contribution is 7.16. The zero-order chi connectivity index (χ0) is 28.6. The van der Waals surface area contributed by atoms with Crippen molar-refractivity contribution in [1.29, 1.82) is 0 Å². The lowest BCUT2D eigenvalue weighted by Crippen LogP contribution is -1.77. The maximum Gasteiger partial charge on any atom is 0.226 e. The first-order valence-corrected chi connectivity index (χ1v) is 14.1. The Hall–Kier alpha value is -4.88. The van der Waals surface area contributed by atoms with Crippen LogP contribution < -0.4 is 0 Å². The van der Waals surface area contributed by atoms with Gasteiger partial charge in [0.25, 0.3) is 0 Å². The van der Waals surface area contributed by atoms with Gasteiger partial charge in [-0.1, -0.05) is 24.3 Å². The summed E-state index contributed by atoms with van der Waals surface area (Å²) in [6.07, 6.45) is 12.8. The van der Waals surface area contributed by atoms with Crippen LogP contribution >= 0.6 is 11.3 Å². The normalized spacial score (nSPS) is 10.4. The van der Waals surface area contributed by atoms with Gasteiger partial charge in [-0.05, 0) is 97.1 Å². The van der Waals surface area contributed by atoms with E-state index in [-0.39, 0.29) is 0 Å². The third kappa shape index (κ3) is 6.65. The largest absolute Gasteiger partial charge is 0.446 e. The molecule has 0 atom stereocenters. The second kappa shape index (κ2) is 13.0. The minimum absolute atomic E-state index is 0.722. The van der Waals surface area contributed by atoms with Crippen molar-refractivity contribution in [3.05, 3.63) is 132 Å². The highest BCUT2D eigenvalue weighted by Crippen LogP contribution is 2.22. The standard InChI is InChI=1S/C10H9N.C8H8N2.C8H7NO.C8H7NS/c1-8-3-2-4-9-7-11-6-5-10(8)9;3*1-6-5-10-8-7(6)3-2-4-9-8/h2-7H,1H3;2-5H,1H3,(H,9,10);2*2-5H,1H3. The molecule has 8 aromatic rings. The van der Waals surface area contributed by atoms with E-state index in [1.54, 1.807) is 30.0 Å². The summed E-state index contributed by atoms with van der Waals surface area (Å²) in [7, 11) is 0. The summed E-state index contributed by atoms with van der Waals surface area (Å²) in [6.45, 7) is 8.30. The van der Waals surface area contributed by atoms with Crippen LogP contribution in [0.1, 0.15) is 22.3 Å². The monoisotopic (exact) mass is 557 g/mol. The summed E-state index contributed by atoms with van der Waals surface area (Å²) < 4.78 is 5.14. The van der Waals surface area contributed by atoms with Crippen LogP contribution in [-0.4, -0.2) is 24.9 Å². The van der Waals surface area contributed by atoms with E-state index in [9.17, 15) is 0 Å². The molecule has 7 heteroatoms. The number of aromatic amines is 1. The molecule has 41 heavy (non-hydrogen) atoms. The fraction of sp³-hybridized carbons (Fsp3) is 0.118. The van der Waals surface area contributed by atoms with E-state index in [4.69, 9.17) is 4.42 Å². The van der Waals surface area contributed by atoms with Crippen LogP contribution in [0.2, 0.25) is 0 Å². The van der Waals surface area contributed by atoms with E-state index in [1.807, 2.05) is 62.0 Å². The van der Waals surface area contributed by atoms with E-state index in [0.29, 0.717) is 0 Å². The molecule has 0 saturated heterocycles. The summed E-state index contributed by atoms with van der Waals surface area (Å²) in [5.74, 6) is 0. The summed E-state index contributed by atoms with van der Waals surface area (Å²) >= 11 is 1.70. The number of aryl methyl sites for hydroxylation is 4. The Morgan fingerprint density at radius 1 is 0.634 bits per heavy atom. The van der Waals surface area contributed by atoms with Crippen LogP contribution in [0.25, 0.3) is 43.1 Å². The fourth-order valence-corrected chi connectivity index (χ4v) is 5.26. The minimum Gasteiger partial charge on any atom is -0.446 e. The Labute approximate surface area is 242 Å². The lowest BCUT2D eigenvalue weighted by molar-refractivity contribution is 0.600. The molecule has 0 radical (unpaired) electrons. The Kier molecular flexibility index (Phi) is 8.76. The molecular weight excluding hydrogens is 526 g/mol. The van der Waals surface area contributed by atoms with Crippen molar-refractivity contribution < 1.29 is 4.42 Å². The predicted octanol–water partition coefficient (Wildman–Crippen LogP) is 9.16. The maximum absolute atomic E-state index is 5.14. The molecule has 0 aliphatic heterocycles. The number of rotatable bonds is 0. The van der Waals surface area contributed by atoms with Gasteiger partial charge in [0.05, 0.1) is 6.26 Å². The number of furan rings is 1. The molecule has 0 aliphatic rings. The third-order valence-corrected chi connectivity index (χ3v) is 7.66. The number of fused-ring (bicyclic) bond motifs is 4. The topological polar surface area (TPSA) is 80.5 Å². The molecule has 7 heterocycles. The van der Waals surface area contributed by atoms with Gasteiger partial charge in [0.15, 0.2) is 0 Å². The number of pyridine rings is 4. The highest BCUT2D eigenvalue weighted by Gasteiger charge is 1.99.